The van der Waals surface area contributed by atoms with E-state index in [4.69, 9.17) is 4.74 Å². The molecule has 0 radical (unpaired) electrons. The number of guanidine groups is 1. The van der Waals surface area contributed by atoms with Gasteiger partial charge in [0.25, 0.3) is 0 Å². The van der Waals surface area contributed by atoms with Crippen molar-refractivity contribution in [1.82, 2.24) is 15.2 Å². The first kappa shape index (κ1) is 17.9. The molecule has 0 spiro atoms. The van der Waals surface area contributed by atoms with Crippen molar-refractivity contribution in [3.8, 4) is 5.75 Å². The van der Waals surface area contributed by atoms with Crippen LogP contribution in [0.4, 0.5) is 0 Å². The number of hydrogen-bond donors (Lipinski definition) is 2. The minimum absolute atomic E-state index is 0.0428. The minimum Gasteiger partial charge on any atom is -0.497 e. The zero-order valence-electron chi connectivity index (χ0n) is 15.3. The van der Waals surface area contributed by atoms with E-state index >= 15 is 0 Å². The molecular formula is C19H28N4O. The summed E-state index contributed by atoms with van der Waals surface area (Å²) >= 11 is 0. The monoisotopic (exact) mass is 328 g/mol. The second-order valence-corrected chi connectivity index (χ2v) is 6.58. The molecule has 5 nitrogen and oxygen atoms in total. The Balaban J connectivity index is 1.93. The fraction of sp³-hybridized carbons (Fsp3) is 0.421. The summed E-state index contributed by atoms with van der Waals surface area (Å²) in [5.41, 5.74) is 2.42. The molecule has 0 aliphatic heterocycles. The number of aliphatic imine (C=N–C) groups is 1. The fourth-order valence-electron chi connectivity index (χ4n) is 2.52. The molecule has 1 aromatic carbocycles. The van der Waals surface area contributed by atoms with Gasteiger partial charge in [-0.15, -0.1) is 0 Å². The van der Waals surface area contributed by atoms with Crippen molar-refractivity contribution in [1.29, 1.82) is 0 Å². The Kier molecular flexibility index (Phi) is 5.90. The van der Waals surface area contributed by atoms with Crippen molar-refractivity contribution < 1.29 is 4.74 Å². The van der Waals surface area contributed by atoms with Crippen LogP contribution in [-0.2, 0) is 19.0 Å². The van der Waals surface area contributed by atoms with Gasteiger partial charge in [0, 0.05) is 45.0 Å². The van der Waals surface area contributed by atoms with E-state index in [1.165, 1.54) is 11.1 Å². The summed E-state index contributed by atoms with van der Waals surface area (Å²) in [7, 11) is 5.51. The average Bonchev–Trinajstić information content (AvgIpc) is 3.00. The van der Waals surface area contributed by atoms with Crippen LogP contribution in [0.15, 0.2) is 47.7 Å². The van der Waals surface area contributed by atoms with E-state index in [-0.39, 0.29) is 5.41 Å². The molecule has 2 rings (SSSR count). The molecule has 24 heavy (non-hydrogen) atoms. The van der Waals surface area contributed by atoms with Gasteiger partial charge in [0.05, 0.1) is 7.11 Å². The van der Waals surface area contributed by atoms with Gasteiger partial charge in [0.15, 0.2) is 5.96 Å². The topological polar surface area (TPSA) is 50.6 Å². The molecule has 1 aromatic heterocycles. The maximum atomic E-state index is 5.33. The molecule has 0 atom stereocenters. The number of methoxy groups -OCH3 is 1. The summed E-state index contributed by atoms with van der Waals surface area (Å²) in [4.78, 5) is 4.30. The number of ether oxygens (including phenoxy) is 1. The molecule has 0 fully saturated rings. The standard InChI is InChI=1S/C19H28N4O/c1-19(2,16-7-6-8-17(11-16)24-5)14-22-18(20-3)21-12-15-9-10-23(4)13-15/h6-11,13H,12,14H2,1-5H3,(H2,20,21,22). The van der Waals surface area contributed by atoms with Gasteiger partial charge < -0.3 is 19.9 Å². The van der Waals surface area contributed by atoms with E-state index in [0.717, 1.165) is 24.8 Å². The molecular weight excluding hydrogens is 300 g/mol. The van der Waals surface area contributed by atoms with Crippen LogP contribution in [0.3, 0.4) is 0 Å². The van der Waals surface area contributed by atoms with Crippen molar-refractivity contribution >= 4 is 5.96 Å². The Morgan fingerprint density at radius 1 is 1.25 bits per heavy atom. The molecule has 0 amide bonds. The lowest BCUT2D eigenvalue weighted by Gasteiger charge is -2.27. The smallest absolute Gasteiger partial charge is 0.191 e. The van der Waals surface area contributed by atoms with Crippen LogP contribution < -0.4 is 15.4 Å². The van der Waals surface area contributed by atoms with Crippen molar-refractivity contribution in [3.63, 3.8) is 0 Å². The summed E-state index contributed by atoms with van der Waals surface area (Å²) in [5.74, 6) is 1.68. The van der Waals surface area contributed by atoms with Crippen LogP contribution in [0.25, 0.3) is 0 Å². The largest absolute Gasteiger partial charge is 0.497 e. The third kappa shape index (κ3) is 4.78. The van der Waals surface area contributed by atoms with Gasteiger partial charge in [0.1, 0.15) is 5.75 Å². The molecule has 0 saturated carbocycles. The van der Waals surface area contributed by atoms with Crippen molar-refractivity contribution in [2.75, 3.05) is 20.7 Å². The third-order valence-corrected chi connectivity index (χ3v) is 4.13. The van der Waals surface area contributed by atoms with Crippen molar-refractivity contribution in [2.45, 2.75) is 25.8 Å². The maximum absolute atomic E-state index is 5.33. The van der Waals surface area contributed by atoms with E-state index in [1.54, 1.807) is 14.2 Å². The molecule has 0 aliphatic carbocycles. The lowest BCUT2D eigenvalue weighted by Crippen LogP contribution is -2.43. The van der Waals surface area contributed by atoms with Gasteiger partial charge in [-0.25, -0.2) is 0 Å². The Hall–Kier alpha value is -2.43. The second kappa shape index (κ2) is 7.90. The Morgan fingerprint density at radius 2 is 2.04 bits per heavy atom. The molecule has 130 valence electrons. The number of rotatable bonds is 6. The van der Waals surface area contributed by atoms with Gasteiger partial charge in [-0.1, -0.05) is 26.0 Å². The first-order chi connectivity index (χ1) is 11.4. The Morgan fingerprint density at radius 3 is 2.67 bits per heavy atom. The second-order valence-electron chi connectivity index (χ2n) is 6.58. The van der Waals surface area contributed by atoms with Crippen LogP contribution >= 0.6 is 0 Å². The summed E-state index contributed by atoms with van der Waals surface area (Å²) < 4.78 is 7.37. The van der Waals surface area contributed by atoms with Gasteiger partial charge in [-0.05, 0) is 29.3 Å². The highest BCUT2D eigenvalue weighted by atomic mass is 16.5. The number of benzene rings is 1. The highest BCUT2D eigenvalue weighted by Crippen LogP contribution is 2.25. The highest BCUT2D eigenvalue weighted by Gasteiger charge is 2.21. The van der Waals surface area contributed by atoms with E-state index < -0.39 is 0 Å². The van der Waals surface area contributed by atoms with Crippen LogP contribution in [0.1, 0.15) is 25.0 Å². The summed E-state index contributed by atoms with van der Waals surface area (Å²) in [6.07, 6.45) is 4.14. The number of aromatic nitrogens is 1. The predicted molar refractivity (Wildman–Crippen MR) is 99.6 cm³/mol. The number of hydrogen-bond acceptors (Lipinski definition) is 2. The minimum atomic E-state index is -0.0428. The van der Waals surface area contributed by atoms with Gasteiger partial charge in [-0.2, -0.15) is 0 Å². The molecule has 0 aliphatic rings. The van der Waals surface area contributed by atoms with E-state index in [0.29, 0.717) is 0 Å². The summed E-state index contributed by atoms with van der Waals surface area (Å²) in [6, 6.07) is 10.3. The highest BCUT2D eigenvalue weighted by molar-refractivity contribution is 5.79. The number of nitrogens with zero attached hydrogens (tertiary/aromatic N) is 2. The van der Waals surface area contributed by atoms with Crippen LogP contribution in [0.2, 0.25) is 0 Å². The van der Waals surface area contributed by atoms with Gasteiger partial charge in [0.2, 0.25) is 0 Å². The first-order valence-corrected chi connectivity index (χ1v) is 8.14. The van der Waals surface area contributed by atoms with Crippen molar-refractivity contribution in [2.24, 2.45) is 12.0 Å². The molecule has 2 aromatic rings. The Bertz CT molecular complexity index is 688. The van der Waals surface area contributed by atoms with Crippen LogP contribution in [-0.4, -0.2) is 31.2 Å². The number of nitrogens with one attached hydrogen (secondary N) is 2. The normalized spacial score (nSPS) is 12.1. The van der Waals surface area contributed by atoms with Gasteiger partial charge in [-0.3, -0.25) is 4.99 Å². The van der Waals surface area contributed by atoms with Crippen LogP contribution in [0, 0.1) is 0 Å². The predicted octanol–water partition coefficient (Wildman–Crippen LogP) is 2.68. The van der Waals surface area contributed by atoms with Crippen LogP contribution in [0.5, 0.6) is 5.75 Å². The van der Waals surface area contributed by atoms with Gasteiger partial charge >= 0.3 is 0 Å². The van der Waals surface area contributed by atoms with E-state index in [1.807, 2.05) is 29.9 Å². The average molecular weight is 328 g/mol. The maximum Gasteiger partial charge on any atom is 0.191 e. The summed E-state index contributed by atoms with van der Waals surface area (Å²) in [6.45, 7) is 5.94. The molecule has 1 heterocycles. The first-order valence-electron chi connectivity index (χ1n) is 8.14. The summed E-state index contributed by atoms with van der Waals surface area (Å²) in [5, 5.41) is 6.76. The molecule has 2 N–H and O–H groups in total. The third-order valence-electron chi connectivity index (χ3n) is 4.13. The molecule has 0 bridgehead atoms. The van der Waals surface area contributed by atoms with E-state index in [2.05, 4.69) is 53.9 Å². The zero-order valence-corrected chi connectivity index (χ0v) is 15.3. The zero-order chi connectivity index (χ0) is 17.6. The van der Waals surface area contributed by atoms with Crippen molar-refractivity contribution in [3.05, 3.63) is 53.9 Å². The molecule has 0 saturated heterocycles. The quantitative estimate of drug-likeness (QED) is 0.633. The molecule has 5 heteroatoms. The SMILES string of the molecule is CN=C(NCc1ccn(C)c1)NCC(C)(C)c1cccc(OC)c1. The van der Waals surface area contributed by atoms with E-state index in [9.17, 15) is 0 Å². The lowest BCUT2D eigenvalue weighted by atomic mass is 9.84. The molecule has 0 unspecified atom stereocenters. The number of aryl methyl sites for hydroxylation is 1. The lowest BCUT2D eigenvalue weighted by molar-refractivity contribution is 0.411. The Labute approximate surface area is 144 Å². The fourth-order valence-corrected chi connectivity index (χ4v) is 2.52.